The Hall–Kier alpha value is -3.91. The molecule has 69 heavy (non-hydrogen) atoms. The SMILES string of the molecule is CC(C)[Si](O)(O[Si](O[C@H]1[C@@H](OP(=S)(OCCC#N)OC[C@H]2[CH][C@@H](F)[C@H](n3cnc4c(NC(=O)c5ccccc5)ncnc43)O2)[C@H](n2cc(Cl)c3c(=O)[nH]cnc32)O[C@@H]1CO)(C(C)C)C(C)C)C(C)C. The summed E-state index contributed by atoms with van der Waals surface area (Å²) in [6.45, 7) is 10.2. The summed E-state index contributed by atoms with van der Waals surface area (Å²) in [4.78, 5) is 58.1. The number of aliphatic hydroxyl groups excluding tert-OH is 1. The van der Waals surface area contributed by atoms with Gasteiger partial charge in [-0.3, -0.25) is 18.7 Å². The van der Waals surface area contributed by atoms with Crippen molar-refractivity contribution in [1.29, 1.82) is 5.26 Å². The van der Waals surface area contributed by atoms with Gasteiger partial charge in [-0.2, -0.15) is 5.26 Å². The van der Waals surface area contributed by atoms with Gasteiger partial charge in [-0.05, 0) is 46.1 Å². The highest BCUT2D eigenvalue weighted by molar-refractivity contribution is 8.07. The molecule has 4 aromatic heterocycles. The summed E-state index contributed by atoms with van der Waals surface area (Å²) in [7, 11) is -7.14. The number of alkyl halides is 1. The van der Waals surface area contributed by atoms with Crippen LogP contribution in [0.2, 0.25) is 27.2 Å². The van der Waals surface area contributed by atoms with Crippen molar-refractivity contribution < 1.29 is 50.7 Å². The van der Waals surface area contributed by atoms with Gasteiger partial charge in [0.2, 0.25) is 0 Å². The number of anilines is 1. The molecular weight excluding hydrogens is 992 g/mol. The van der Waals surface area contributed by atoms with Crippen LogP contribution in [0, 0.1) is 17.8 Å². The third kappa shape index (κ3) is 10.8. The number of amides is 1. The van der Waals surface area contributed by atoms with Gasteiger partial charge in [0.05, 0.1) is 56.1 Å². The van der Waals surface area contributed by atoms with Crippen LogP contribution in [-0.2, 0) is 43.4 Å². The molecule has 26 heteroatoms. The lowest BCUT2D eigenvalue weighted by Gasteiger charge is -2.47. The third-order valence-corrected chi connectivity index (χ3v) is 24.6. The summed E-state index contributed by atoms with van der Waals surface area (Å²) in [5, 5.41) is 23.4. The number of aliphatic hydroxyl groups is 1. The van der Waals surface area contributed by atoms with Gasteiger partial charge in [-0.15, -0.1) is 0 Å². The van der Waals surface area contributed by atoms with Crippen LogP contribution in [-0.4, -0.2) is 117 Å². The Morgan fingerprint density at radius 3 is 2.36 bits per heavy atom. The van der Waals surface area contributed by atoms with Crippen molar-refractivity contribution in [3.05, 3.63) is 82.9 Å². The first-order valence-corrected chi connectivity index (χ1v) is 29.4. The molecule has 1 unspecified atom stereocenters. The minimum atomic E-state index is -4.08. The Morgan fingerprint density at radius 1 is 1.00 bits per heavy atom. The van der Waals surface area contributed by atoms with E-state index < -0.39 is 91.6 Å². The average Bonchev–Trinajstić information content (AvgIpc) is 4.08. The number of halogens is 2. The highest BCUT2D eigenvalue weighted by Gasteiger charge is 2.60. The number of ether oxygens (including phenoxy) is 2. The second-order valence-corrected chi connectivity index (χ2v) is 29.9. The number of aromatic amines is 1. The fourth-order valence-electron chi connectivity index (χ4n) is 8.57. The zero-order valence-corrected chi connectivity index (χ0v) is 43.7. The molecular formula is C43H57ClFN9O11PSSi2. The Balaban J connectivity index is 1.21. The van der Waals surface area contributed by atoms with Crippen molar-refractivity contribution in [2.24, 2.45) is 0 Å². The summed E-state index contributed by atoms with van der Waals surface area (Å²) in [6.07, 6.45) is -2.59. The van der Waals surface area contributed by atoms with Crippen molar-refractivity contribution in [3.8, 4) is 6.07 Å². The zero-order valence-electron chi connectivity index (χ0n) is 39.3. The van der Waals surface area contributed by atoms with Gasteiger partial charge >= 0.3 is 23.8 Å². The number of nitrogens with one attached hydrogen (secondary N) is 2. The lowest BCUT2D eigenvalue weighted by atomic mass is 10.1. The van der Waals surface area contributed by atoms with Crippen LogP contribution in [0.25, 0.3) is 22.2 Å². The maximum atomic E-state index is 16.1. The maximum Gasteiger partial charge on any atom is 0.335 e. The van der Waals surface area contributed by atoms with Gasteiger partial charge in [0, 0.05) is 18.2 Å². The van der Waals surface area contributed by atoms with Crippen LogP contribution in [0.15, 0.2) is 60.3 Å². The standard InChI is InChI=1S/C43H57ClFN9O11PSSi2/c1-24(2)68(58,25(3)4)65-69(26(5)6,27(7)8)64-35-32(19-55)62-43(53-18-30(44)33-38(53)48-22-50-41(33)57)36(35)63-66(67,59-16-12-15-46)60-20-29-17-31(45)42(61-29)54-23-51-34-37(47-21-49-39(34)54)52-40(56)28-13-10-9-11-14-28/h9-11,13-14,17-18,21-27,29,31-32,35-36,42-43,55,58H,12,16,19-20H2,1-8H3,(H,48,50,57)(H,47,49,52,56)/t29-,31-,32-,35-,36-,42-,43-,66?/m1/s1. The van der Waals surface area contributed by atoms with Crippen LogP contribution >= 0.6 is 18.3 Å². The van der Waals surface area contributed by atoms with E-state index in [4.69, 9.17) is 55.0 Å². The van der Waals surface area contributed by atoms with Crippen molar-refractivity contribution in [1.82, 2.24) is 34.1 Å². The molecule has 2 aliphatic rings. The molecule has 0 saturated carbocycles. The lowest BCUT2D eigenvalue weighted by Crippen LogP contribution is -2.62. The molecule has 2 fully saturated rings. The van der Waals surface area contributed by atoms with Crippen LogP contribution in [0.5, 0.6) is 0 Å². The Bertz CT molecular complexity index is 2730. The number of carbonyl (C=O) groups excluding carboxylic acids is 1. The highest BCUT2D eigenvalue weighted by atomic mass is 35.5. The molecule has 0 bridgehead atoms. The summed E-state index contributed by atoms with van der Waals surface area (Å²) in [5.41, 5.74) is -0.618. The van der Waals surface area contributed by atoms with E-state index in [9.17, 15) is 24.8 Å². The van der Waals surface area contributed by atoms with E-state index in [1.54, 1.807) is 30.3 Å². The van der Waals surface area contributed by atoms with Crippen molar-refractivity contribution in [3.63, 3.8) is 0 Å². The summed E-state index contributed by atoms with van der Waals surface area (Å²) in [5.74, 6) is -0.315. The van der Waals surface area contributed by atoms with E-state index >= 15 is 4.39 Å². The lowest BCUT2D eigenvalue weighted by molar-refractivity contribution is -0.0528. The molecule has 8 atom stereocenters. The summed E-state index contributed by atoms with van der Waals surface area (Å²) < 4.78 is 65.3. The molecule has 0 spiro atoms. The molecule has 6 heterocycles. The first-order valence-electron chi connectivity index (χ1n) is 22.5. The normalized spacial score (nSPS) is 23.2. The van der Waals surface area contributed by atoms with E-state index in [1.165, 1.54) is 40.7 Å². The van der Waals surface area contributed by atoms with Crippen LogP contribution < -0.4 is 10.9 Å². The smallest absolute Gasteiger partial charge is 0.335 e. The fraction of sp³-hybridized carbons (Fsp3) is 0.535. The van der Waals surface area contributed by atoms with Gasteiger partial charge in [-0.25, -0.2) is 24.3 Å². The van der Waals surface area contributed by atoms with E-state index in [-0.39, 0.29) is 68.2 Å². The van der Waals surface area contributed by atoms with Gasteiger partial charge in [0.15, 0.2) is 41.3 Å². The number of nitrogens with zero attached hydrogens (tertiary/aromatic N) is 7. The number of imidazole rings is 1. The molecule has 2 aliphatic heterocycles. The molecule has 7 rings (SSSR count). The summed E-state index contributed by atoms with van der Waals surface area (Å²) in [6, 6.07) is 10.5. The minimum Gasteiger partial charge on any atom is -0.414 e. The predicted molar refractivity (Wildman–Crippen MR) is 261 cm³/mol. The van der Waals surface area contributed by atoms with E-state index in [0.717, 1.165) is 0 Å². The highest BCUT2D eigenvalue weighted by Crippen LogP contribution is 2.56. The number of hydrogen-bond acceptors (Lipinski definition) is 17. The van der Waals surface area contributed by atoms with Crippen LogP contribution in [0.1, 0.15) is 84.6 Å². The average molecular weight is 1050 g/mol. The Morgan fingerprint density at radius 2 is 1.71 bits per heavy atom. The number of H-pyrrole nitrogens is 1. The number of rotatable bonds is 21. The maximum absolute atomic E-state index is 16.1. The van der Waals surface area contributed by atoms with Gasteiger partial charge < -0.3 is 51.8 Å². The Kier molecular flexibility index (Phi) is 16.7. The van der Waals surface area contributed by atoms with Gasteiger partial charge in [0.25, 0.3) is 11.5 Å². The largest absolute Gasteiger partial charge is 0.414 e. The van der Waals surface area contributed by atoms with E-state index in [0.29, 0.717) is 5.56 Å². The topological polar surface area (TPSA) is 252 Å². The molecule has 2 saturated heterocycles. The second kappa shape index (κ2) is 21.8. The molecule has 1 radical (unpaired) electrons. The number of hydrogen-bond donors (Lipinski definition) is 4. The van der Waals surface area contributed by atoms with Gasteiger partial charge in [-0.1, -0.05) is 85.2 Å². The molecule has 1 aromatic carbocycles. The second-order valence-electron chi connectivity index (χ2n) is 18.0. The molecule has 4 N–H and O–H groups in total. The zero-order chi connectivity index (χ0) is 50.0. The number of benzene rings is 1. The number of carbonyl (C=O) groups is 1. The molecule has 20 nitrogen and oxygen atoms in total. The first-order chi connectivity index (χ1) is 32.8. The summed E-state index contributed by atoms with van der Waals surface area (Å²) >= 11 is 12.8. The number of fused-ring (bicyclic) bond motifs is 2. The van der Waals surface area contributed by atoms with Crippen molar-refractivity contribution >= 4 is 81.2 Å². The van der Waals surface area contributed by atoms with Gasteiger partial charge in [0.1, 0.15) is 30.0 Å². The molecule has 5 aromatic rings. The minimum absolute atomic E-state index is 0.0449. The molecule has 373 valence electrons. The van der Waals surface area contributed by atoms with Crippen molar-refractivity contribution in [2.75, 3.05) is 25.1 Å². The van der Waals surface area contributed by atoms with Crippen LogP contribution in [0.3, 0.4) is 0 Å². The van der Waals surface area contributed by atoms with E-state index in [2.05, 4.69) is 30.2 Å². The number of nitriles is 1. The van der Waals surface area contributed by atoms with E-state index in [1.807, 2.05) is 61.5 Å². The number of aromatic nitrogens is 7. The quantitative estimate of drug-likeness (QED) is 0.0320. The Labute approximate surface area is 410 Å². The monoisotopic (exact) mass is 1050 g/mol. The molecule has 1 amide bonds. The predicted octanol–water partition coefficient (Wildman–Crippen LogP) is 7.27. The third-order valence-electron chi connectivity index (χ3n) is 12.2. The first kappa shape index (κ1) is 52.9. The fourth-order valence-corrected chi connectivity index (χ4v) is 20.8. The van der Waals surface area contributed by atoms with Crippen LogP contribution in [0.4, 0.5) is 10.2 Å². The van der Waals surface area contributed by atoms with Crippen molar-refractivity contribution in [2.45, 2.75) is 127 Å². The molecule has 0 aliphatic carbocycles.